The summed E-state index contributed by atoms with van der Waals surface area (Å²) in [4.78, 5) is 27.2. The van der Waals surface area contributed by atoms with E-state index >= 15 is 0 Å². The van der Waals surface area contributed by atoms with Gasteiger partial charge in [-0.1, -0.05) is 18.2 Å². The van der Waals surface area contributed by atoms with E-state index in [4.69, 9.17) is 4.74 Å². The minimum Gasteiger partial charge on any atom is -0.497 e. The van der Waals surface area contributed by atoms with Gasteiger partial charge in [0.2, 0.25) is 5.91 Å². The summed E-state index contributed by atoms with van der Waals surface area (Å²) in [6.45, 7) is -0.297. The number of sulfone groups is 1. The molecule has 2 heterocycles. The van der Waals surface area contributed by atoms with E-state index in [0.717, 1.165) is 10.2 Å². The number of benzene rings is 2. The number of ether oxygens (including phenoxy) is 1. The van der Waals surface area contributed by atoms with E-state index in [-0.39, 0.29) is 24.0 Å². The summed E-state index contributed by atoms with van der Waals surface area (Å²) in [6.07, 6.45) is 0.358. The molecule has 1 atom stereocenters. The van der Waals surface area contributed by atoms with E-state index in [9.17, 15) is 18.0 Å². The van der Waals surface area contributed by atoms with Crippen LogP contribution in [0.3, 0.4) is 0 Å². The summed E-state index contributed by atoms with van der Waals surface area (Å²) in [5, 5.41) is 4.37. The van der Waals surface area contributed by atoms with Gasteiger partial charge in [0.15, 0.2) is 9.84 Å². The van der Waals surface area contributed by atoms with E-state index in [1.807, 2.05) is 18.2 Å². The number of aromatic nitrogens is 2. The number of rotatable bonds is 6. The molecule has 32 heavy (non-hydrogen) atoms. The van der Waals surface area contributed by atoms with Gasteiger partial charge in [0, 0.05) is 17.3 Å². The minimum atomic E-state index is -3.20. The average molecular weight is 454 g/mol. The van der Waals surface area contributed by atoms with Crippen molar-refractivity contribution in [3.05, 3.63) is 77.1 Å². The molecular weight excluding hydrogens is 430 g/mol. The average Bonchev–Trinajstić information content (AvgIpc) is 3.15. The molecule has 9 heteroatoms. The minimum absolute atomic E-state index is 0.0411. The van der Waals surface area contributed by atoms with Crippen LogP contribution in [0, 0.1) is 0 Å². The number of carbonyl (C=O) groups is 1. The molecule has 166 valence electrons. The monoisotopic (exact) mass is 453 g/mol. The number of para-hydroxylation sites is 1. The van der Waals surface area contributed by atoms with Gasteiger partial charge in [-0.2, -0.15) is 5.10 Å². The molecule has 0 unspecified atom stereocenters. The first kappa shape index (κ1) is 21.8. The zero-order valence-corrected chi connectivity index (χ0v) is 18.4. The molecule has 1 aliphatic rings. The summed E-state index contributed by atoms with van der Waals surface area (Å²) in [5.74, 6) is 0.253. The van der Waals surface area contributed by atoms with Crippen LogP contribution in [0.5, 0.6) is 5.75 Å². The van der Waals surface area contributed by atoms with Crippen LogP contribution in [0.4, 0.5) is 5.69 Å². The first-order chi connectivity index (χ1) is 15.4. The van der Waals surface area contributed by atoms with Gasteiger partial charge in [0.05, 0.1) is 30.4 Å². The van der Waals surface area contributed by atoms with E-state index in [1.165, 1.54) is 11.0 Å². The number of carbonyl (C=O) groups excluding carboxylic acids is 1. The Balaban J connectivity index is 1.64. The second-order valence-corrected chi connectivity index (χ2v) is 9.83. The van der Waals surface area contributed by atoms with Crippen LogP contribution in [0.15, 0.2) is 71.5 Å². The molecule has 0 bridgehead atoms. The highest BCUT2D eigenvalue weighted by Gasteiger charge is 2.35. The molecule has 1 saturated heterocycles. The maximum absolute atomic E-state index is 13.3. The Morgan fingerprint density at radius 3 is 2.44 bits per heavy atom. The van der Waals surface area contributed by atoms with Crippen molar-refractivity contribution in [2.45, 2.75) is 19.0 Å². The van der Waals surface area contributed by atoms with Crippen molar-refractivity contribution in [1.82, 2.24) is 9.78 Å². The number of hydrogen-bond acceptors (Lipinski definition) is 6. The van der Waals surface area contributed by atoms with E-state index < -0.39 is 21.4 Å². The van der Waals surface area contributed by atoms with Gasteiger partial charge in [-0.3, -0.25) is 9.59 Å². The van der Waals surface area contributed by atoms with Crippen LogP contribution >= 0.6 is 0 Å². The number of hydrogen-bond donors (Lipinski definition) is 0. The zero-order chi connectivity index (χ0) is 22.7. The quantitative estimate of drug-likeness (QED) is 0.567. The summed E-state index contributed by atoms with van der Waals surface area (Å²) in [5.41, 5.74) is 1.49. The molecule has 1 amide bonds. The second kappa shape index (κ2) is 8.96. The van der Waals surface area contributed by atoms with Gasteiger partial charge in [-0.15, -0.1) is 0 Å². The normalized spacial score (nSPS) is 17.1. The predicted molar refractivity (Wildman–Crippen MR) is 121 cm³/mol. The molecule has 1 aromatic heterocycles. The highest BCUT2D eigenvalue weighted by atomic mass is 32.2. The molecule has 3 aromatic rings. The molecular formula is C23H23N3O5S. The summed E-state index contributed by atoms with van der Waals surface area (Å²) < 4.78 is 30.4. The summed E-state index contributed by atoms with van der Waals surface area (Å²) in [7, 11) is -1.62. The lowest BCUT2D eigenvalue weighted by Crippen LogP contribution is -2.44. The summed E-state index contributed by atoms with van der Waals surface area (Å²) >= 11 is 0. The van der Waals surface area contributed by atoms with Crippen molar-refractivity contribution in [2.75, 3.05) is 23.5 Å². The van der Waals surface area contributed by atoms with Crippen molar-refractivity contribution in [1.29, 1.82) is 0 Å². The molecule has 0 saturated carbocycles. The zero-order valence-electron chi connectivity index (χ0n) is 17.5. The first-order valence-corrected chi connectivity index (χ1v) is 12.0. The van der Waals surface area contributed by atoms with Gasteiger partial charge < -0.3 is 9.64 Å². The number of methoxy groups -OCH3 is 1. The van der Waals surface area contributed by atoms with Crippen LogP contribution in [0.2, 0.25) is 0 Å². The summed E-state index contributed by atoms with van der Waals surface area (Å²) in [6, 6.07) is 18.6. The largest absolute Gasteiger partial charge is 0.497 e. The van der Waals surface area contributed by atoms with E-state index in [2.05, 4.69) is 5.10 Å². The maximum Gasteiger partial charge on any atom is 0.267 e. The Morgan fingerprint density at radius 1 is 1.09 bits per heavy atom. The number of amides is 1. The van der Waals surface area contributed by atoms with E-state index in [1.54, 1.807) is 49.6 Å². The van der Waals surface area contributed by atoms with Gasteiger partial charge in [0.1, 0.15) is 12.3 Å². The Labute approximate surface area is 186 Å². The van der Waals surface area contributed by atoms with Gasteiger partial charge in [-0.05, 0) is 48.9 Å². The Hall–Kier alpha value is -3.46. The Kier molecular flexibility index (Phi) is 6.09. The van der Waals surface area contributed by atoms with Crippen LogP contribution in [0.1, 0.15) is 6.42 Å². The fourth-order valence-electron chi connectivity index (χ4n) is 3.81. The molecule has 1 aliphatic heterocycles. The number of nitrogens with zero attached hydrogens (tertiary/aromatic N) is 3. The molecule has 2 aromatic carbocycles. The third kappa shape index (κ3) is 4.72. The van der Waals surface area contributed by atoms with Crippen LogP contribution < -0.4 is 15.2 Å². The second-order valence-electron chi connectivity index (χ2n) is 7.60. The van der Waals surface area contributed by atoms with Crippen molar-refractivity contribution in [2.24, 2.45) is 0 Å². The van der Waals surface area contributed by atoms with Gasteiger partial charge >= 0.3 is 0 Å². The van der Waals surface area contributed by atoms with Crippen molar-refractivity contribution < 1.29 is 17.9 Å². The Morgan fingerprint density at radius 2 is 1.81 bits per heavy atom. The lowest BCUT2D eigenvalue weighted by molar-refractivity contribution is -0.119. The predicted octanol–water partition coefficient (Wildman–Crippen LogP) is 2.14. The van der Waals surface area contributed by atoms with Crippen LogP contribution in [0.25, 0.3) is 11.3 Å². The SMILES string of the molecule is COc1ccc(-c2ccc(=O)n(CC(=O)N(c3ccccc3)[C@@H]3CCS(=O)(=O)C3)n2)cc1. The van der Waals surface area contributed by atoms with E-state index in [0.29, 0.717) is 23.6 Å². The standard InChI is InChI=1S/C23H23N3O5S/c1-31-20-9-7-17(8-10-20)21-11-12-22(27)25(24-21)15-23(28)26(18-5-3-2-4-6-18)19-13-14-32(29,30)16-19/h2-12,19H,13-16H2,1H3/t19-/m1/s1. The molecule has 8 nitrogen and oxygen atoms in total. The first-order valence-electron chi connectivity index (χ1n) is 10.2. The third-order valence-electron chi connectivity index (χ3n) is 5.41. The van der Waals surface area contributed by atoms with Gasteiger partial charge in [-0.25, -0.2) is 13.1 Å². The highest BCUT2D eigenvalue weighted by Crippen LogP contribution is 2.25. The lowest BCUT2D eigenvalue weighted by atomic mass is 10.1. The van der Waals surface area contributed by atoms with Crippen LogP contribution in [-0.4, -0.2) is 48.8 Å². The molecule has 1 fully saturated rings. The lowest BCUT2D eigenvalue weighted by Gasteiger charge is -2.28. The smallest absolute Gasteiger partial charge is 0.267 e. The van der Waals surface area contributed by atoms with Crippen LogP contribution in [-0.2, 0) is 21.2 Å². The molecule has 0 spiro atoms. The fraction of sp³-hybridized carbons (Fsp3) is 0.261. The third-order valence-corrected chi connectivity index (χ3v) is 7.16. The Bertz CT molecular complexity index is 1270. The molecule has 0 N–H and O–H groups in total. The van der Waals surface area contributed by atoms with Crippen molar-refractivity contribution in [3.63, 3.8) is 0 Å². The van der Waals surface area contributed by atoms with Crippen molar-refractivity contribution in [3.8, 4) is 17.0 Å². The maximum atomic E-state index is 13.3. The highest BCUT2D eigenvalue weighted by molar-refractivity contribution is 7.91. The van der Waals surface area contributed by atoms with Crippen molar-refractivity contribution >= 4 is 21.4 Å². The fourth-order valence-corrected chi connectivity index (χ4v) is 5.51. The topological polar surface area (TPSA) is 98.6 Å². The number of anilines is 1. The molecule has 0 radical (unpaired) electrons. The molecule has 4 rings (SSSR count). The van der Waals surface area contributed by atoms with Gasteiger partial charge in [0.25, 0.3) is 5.56 Å². The molecule has 0 aliphatic carbocycles.